The molecule has 0 unspecified atom stereocenters. The molecule has 0 radical (unpaired) electrons. The zero-order valence-electron chi connectivity index (χ0n) is 23.3. The van der Waals surface area contributed by atoms with E-state index in [9.17, 15) is 5.11 Å². The van der Waals surface area contributed by atoms with Gasteiger partial charge in [0.15, 0.2) is 0 Å². The predicted molar refractivity (Wildman–Crippen MR) is 152 cm³/mol. The van der Waals surface area contributed by atoms with Crippen molar-refractivity contribution in [3.63, 3.8) is 0 Å². The molecule has 1 saturated carbocycles. The number of likely N-dealkylation sites (tertiary alicyclic amines) is 1. The molecule has 6 heteroatoms. The van der Waals surface area contributed by atoms with Crippen molar-refractivity contribution in [1.82, 2.24) is 20.5 Å². The molecule has 2 heterocycles. The number of allylic oxidation sites excluding steroid dienone is 1. The minimum Gasteiger partial charge on any atom is -0.393 e. The van der Waals surface area contributed by atoms with Crippen molar-refractivity contribution >= 4 is 11.4 Å². The largest absolute Gasteiger partial charge is 0.393 e. The Morgan fingerprint density at radius 3 is 2.53 bits per heavy atom. The SMILES string of the molecule is C#C/C(=C(\NC(C)=NCCCC)NC1CCC(O)CC1)c1ccc(CN2CC[C@@H](CC)C2)cn1.CC. The van der Waals surface area contributed by atoms with Crippen LogP contribution in [0.1, 0.15) is 97.2 Å². The second kappa shape index (κ2) is 16.4. The minimum atomic E-state index is -0.194. The van der Waals surface area contributed by atoms with Crippen LogP contribution in [0.25, 0.3) is 5.57 Å². The predicted octanol–water partition coefficient (Wildman–Crippen LogP) is 5.34. The van der Waals surface area contributed by atoms with E-state index in [1.807, 2.05) is 33.0 Å². The average molecular weight is 496 g/mol. The number of aromatic nitrogens is 1. The van der Waals surface area contributed by atoms with E-state index >= 15 is 0 Å². The molecular weight excluding hydrogens is 446 g/mol. The van der Waals surface area contributed by atoms with E-state index in [0.29, 0.717) is 0 Å². The molecule has 200 valence electrons. The number of hydrogen-bond acceptors (Lipinski definition) is 5. The van der Waals surface area contributed by atoms with Crippen molar-refractivity contribution in [2.45, 2.75) is 105 Å². The summed E-state index contributed by atoms with van der Waals surface area (Å²) in [5, 5.41) is 16.9. The normalized spacial score (nSPS) is 23.2. The lowest BCUT2D eigenvalue weighted by atomic mass is 9.93. The highest BCUT2D eigenvalue weighted by atomic mass is 16.3. The van der Waals surface area contributed by atoms with Gasteiger partial charge in [0, 0.05) is 31.9 Å². The molecule has 36 heavy (non-hydrogen) atoms. The molecule has 3 rings (SSSR count). The summed E-state index contributed by atoms with van der Waals surface area (Å²) >= 11 is 0. The Bertz CT molecular complexity index is 862. The molecule has 1 aliphatic carbocycles. The van der Waals surface area contributed by atoms with Crippen LogP contribution in [0.5, 0.6) is 0 Å². The van der Waals surface area contributed by atoms with Gasteiger partial charge in [-0.3, -0.25) is 14.9 Å². The second-order valence-electron chi connectivity index (χ2n) is 9.84. The maximum atomic E-state index is 9.90. The first kappa shape index (κ1) is 29.9. The van der Waals surface area contributed by atoms with Gasteiger partial charge in [-0.25, -0.2) is 0 Å². The number of aliphatic hydroxyl groups excluding tert-OH is 1. The summed E-state index contributed by atoms with van der Waals surface area (Å²) < 4.78 is 0. The number of nitrogens with one attached hydrogen (secondary N) is 2. The van der Waals surface area contributed by atoms with Crippen LogP contribution in [0.2, 0.25) is 0 Å². The fraction of sp³-hybridized carbons (Fsp3) is 0.667. The number of aliphatic imine (C=N–C) groups is 1. The molecule has 1 atom stereocenters. The highest BCUT2D eigenvalue weighted by molar-refractivity contribution is 5.86. The number of amidine groups is 1. The maximum absolute atomic E-state index is 9.90. The van der Waals surface area contributed by atoms with Gasteiger partial charge in [-0.1, -0.05) is 52.5 Å². The Balaban J connectivity index is 0.00000222. The Labute approximate surface area is 220 Å². The highest BCUT2D eigenvalue weighted by Crippen LogP contribution is 2.23. The van der Waals surface area contributed by atoms with Gasteiger partial charge in [0.05, 0.1) is 23.2 Å². The van der Waals surface area contributed by atoms with E-state index in [0.717, 1.165) is 80.5 Å². The van der Waals surface area contributed by atoms with Gasteiger partial charge in [0.25, 0.3) is 0 Å². The number of aliphatic hydroxyl groups is 1. The third kappa shape index (κ3) is 9.59. The van der Waals surface area contributed by atoms with Crippen molar-refractivity contribution in [2.24, 2.45) is 10.9 Å². The first-order valence-corrected chi connectivity index (χ1v) is 14.1. The number of unbranched alkanes of at least 4 members (excludes halogenated alkanes) is 1. The summed E-state index contributed by atoms with van der Waals surface area (Å²) in [6.07, 6.45) is 16.0. The van der Waals surface area contributed by atoms with Crippen LogP contribution < -0.4 is 10.6 Å². The van der Waals surface area contributed by atoms with E-state index in [2.05, 4.69) is 46.4 Å². The third-order valence-electron chi connectivity index (χ3n) is 7.04. The van der Waals surface area contributed by atoms with Crippen LogP contribution in [0, 0.1) is 18.3 Å². The van der Waals surface area contributed by atoms with Crippen LogP contribution in [0.3, 0.4) is 0 Å². The lowest BCUT2D eigenvalue weighted by Crippen LogP contribution is -2.40. The molecule has 1 aromatic rings. The van der Waals surface area contributed by atoms with Crippen LogP contribution in [0.4, 0.5) is 0 Å². The van der Waals surface area contributed by atoms with E-state index in [4.69, 9.17) is 11.4 Å². The van der Waals surface area contributed by atoms with Gasteiger partial charge in [-0.2, -0.15) is 0 Å². The molecule has 3 N–H and O–H groups in total. The van der Waals surface area contributed by atoms with Crippen molar-refractivity contribution in [3.8, 4) is 12.3 Å². The molecule has 0 bridgehead atoms. The van der Waals surface area contributed by atoms with E-state index in [1.165, 1.54) is 31.5 Å². The Morgan fingerprint density at radius 1 is 1.19 bits per heavy atom. The van der Waals surface area contributed by atoms with Crippen LogP contribution in [-0.4, -0.2) is 52.6 Å². The van der Waals surface area contributed by atoms with Crippen molar-refractivity contribution in [3.05, 3.63) is 35.4 Å². The summed E-state index contributed by atoms with van der Waals surface area (Å²) in [5.74, 6) is 5.33. The number of pyridine rings is 1. The summed E-state index contributed by atoms with van der Waals surface area (Å²) in [6, 6.07) is 4.45. The molecule has 1 saturated heterocycles. The van der Waals surface area contributed by atoms with Crippen molar-refractivity contribution in [1.29, 1.82) is 0 Å². The quantitative estimate of drug-likeness (QED) is 0.177. The van der Waals surface area contributed by atoms with Crippen LogP contribution in [-0.2, 0) is 6.54 Å². The van der Waals surface area contributed by atoms with Crippen molar-refractivity contribution < 1.29 is 5.11 Å². The first-order chi connectivity index (χ1) is 17.5. The Morgan fingerprint density at radius 2 is 1.94 bits per heavy atom. The van der Waals surface area contributed by atoms with E-state index in [-0.39, 0.29) is 12.1 Å². The zero-order valence-corrected chi connectivity index (χ0v) is 23.3. The Hall–Kier alpha value is -2.36. The molecule has 0 aromatic carbocycles. The summed E-state index contributed by atoms with van der Waals surface area (Å²) in [5.41, 5.74) is 2.72. The minimum absolute atomic E-state index is 0.194. The fourth-order valence-electron chi connectivity index (χ4n) is 4.81. The zero-order chi connectivity index (χ0) is 26.3. The third-order valence-corrected chi connectivity index (χ3v) is 7.04. The summed E-state index contributed by atoms with van der Waals surface area (Å²) in [4.78, 5) is 11.9. The van der Waals surface area contributed by atoms with Crippen LogP contribution >= 0.6 is 0 Å². The summed E-state index contributed by atoms with van der Waals surface area (Å²) in [7, 11) is 0. The number of hydrogen-bond donors (Lipinski definition) is 3. The molecular formula is C30H49N5O. The second-order valence-corrected chi connectivity index (χ2v) is 9.84. The van der Waals surface area contributed by atoms with Gasteiger partial charge >= 0.3 is 0 Å². The lowest BCUT2D eigenvalue weighted by molar-refractivity contribution is 0.118. The molecule has 1 aromatic heterocycles. The monoisotopic (exact) mass is 495 g/mol. The molecule has 0 amide bonds. The van der Waals surface area contributed by atoms with Gasteiger partial charge in [0.2, 0.25) is 0 Å². The molecule has 2 aliphatic rings. The summed E-state index contributed by atoms with van der Waals surface area (Å²) in [6.45, 7) is 14.5. The van der Waals surface area contributed by atoms with Gasteiger partial charge in [-0.05, 0) is 69.5 Å². The number of nitrogens with zero attached hydrogens (tertiary/aromatic N) is 3. The highest BCUT2D eigenvalue weighted by Gasteiger charge is 2.23. The molecule has 1 aliphatic heterocycles. The Kier molecular flexibility index (Phi) is 13.6. The van der Waals surface area contributed by atoms with Gasteiger partial charge in [-0.15, -0.1) is 6.42 Å². The van der Waals surface area contributed by atoms with E-state index in [1.54, 1.807) is 0 Å². The van der Waals surface area contributed by atoms with Crippen molar-refractivity contribution in [2.75, 3.05) is 19.6 Å². The lowest BCUT2D eigenvalue weighted by Gasteiger charge is -2.29. The van der Waals surface area contributed by atoms with Gasteiger partial charge in [0.1, 0.15) is 5.82 Å². The molecule has 0 spiro atoms. The number of rotatable bonds is 10. The number of terminal acetylenes is 1. The fourth-order valence-corrected chi connectivity index (χ4v) is 4.81. The smallest absolute Gasteiger partial charge is 0.123 e. The van der Waals surface area contributed by atoms with Crippen LogP contribution in [0.15, 0.2) is 29.1 Å². The molecule has 2 fully saturated rings. The molecule has 6 nitrogen and oxygen atoms in total. The topological polar surface area (TPSA) is 72.8 Å². The standard InChI is InChI=1S/C28H43N5O.C2H6/c1-5-8-16-29-21(4)31-28(32-24-10-12-25(34)13-11-24)26(7-3)27-14-9-23(18-30-27)20-33-17-15-22(6-2)19-33;1-2/h3,9,14,18,22,24-25,32,34H,5-6,8,10-13,15-17,19-20H2,1-2,4H3,(H,29,31);1-2H3/b28-26-;/t22-,24?,25?;/m1./s1. The average Bonchev–Trinajstić information content (AvgIpc) is 3.35. The van der Waals surface area contributed by atoms with Gasteiger partial charge < -0.3 is 15.7 Å². The van der Waals surface area contributed by atoms with E-state index < -0.39 is 0 Å². The first-order valence-electron chi connectivity index (χ1n) is 14.1. The maximum Gasteiger partial charge on any atom is 0.123 e.